The topological polar surface area (TPSA) is 82.5 Å². The molecule has 0 atom stereocenters. The number of ether oxygens (including phenoxy) is 2. The summed E-state index contributed by atoms with van der Waals surface area (Å²) in [6.07, 6.45) is 0. The summed E-state index contributed by atoms with van der Waals surface area (Å²) in [5, 5.41) is 7.81. The van der Waals surface area contributed by atoms with Crippen molar-refractivity contribution in [1.29, 1.82) is 0 Å². The molecule has 34 heavy (non-hydrogen) atoms. The van der Waals surface area contributed by atoms with Crippen molar-refractivity contribution in [2.24, 2.45) is 0 Å². The van der Waals surface area contributed by atoms with E-state index in [1.165, 1.54) is 35.1 Å². The molecule has 10 heteroatoms. The van der Waals surface area contributed by atoms with Crippen LogP contribution in [0.1, 0.15) is 26.5 Å². The van der Waals surface area contributed by atoms with Crippen LogP contribution in [0.15, 0.2) is 54.6 Å². The fourth-order valence-electron chi connectivity index (χ4n) is 3.34. The van der Waals surface area contributed by atoms with Crippen molar-refractivity contribution in [3.05, 3.63) is 76.3 Å². The van der Waals surface area contributed by atoms with E-state index in [9.17, 15) is 18.4 Å². The number of hydrogen-bond acceptors (Lipinski definition) is 6. The molecule has 1 amide bonds. The molecular formula is C24H21F2N3O4S. The van der Waals surface area contributed by atoms with Gasteiger partial charge in [0.05, 0.1) is 17.9 Å². The third-order valence-electron chi connectivity index (χ3n) is 4.97. The SMILES string of the molecule is Cc1ccc(Cn2nc(C)c3cc(C(=O)OCC(=O)Nc4ccccc4OC(F)F)sc32)cc1. The Bertz CT molecular complexity index is 1330. The Morgan fingerprint density at radius 1 is 1.12 bits per heavy atom. The number of nitrogens with zero attached hydrogens (tertiary/aromatic N) is 2. The Morgan fingerprint density at radius 3 is 2.59 bits per heavy atom. The van der Waals surface area contributed by atoms with Crippen LogP contribution in [0.3, 0.4) is 0 Å². The lowest BCUT2D eigenvalue weighted by molar-refractivity contribution is -0.119. The molecule has 1 N–H and O–H groups in total. The molecule has 0 saturated heterocycles. The molecule has 0 aliphatic heterocycles. The summed E-state index contributed by atoms with van der Waals surface area (Å²) >= 11 is 1.23. The normalized spacial score (nSPS) is 11.1. The van der Waals surface area contributed by atoms with E-state index >= 15 is 0 Å². The molecule has 0 radical (unpaired) electrons. The van der Waals surface area contributed by atoms with Gasteiger partial charge < -0.3 is 14.8 Å². The molecule has 4 rings (SSSR count). The van der Waals surface area contributed by atoms with Gasteiger partial charge in [0.25, 0.3) is 5.91 Å². The van der Waals surface area contributed by atoms with Crippen LogP contribution in [-0.4, -0.2) is 34.9 Å². The molecule has 0 saturated carbocycles. The molecular weight excluding hydrogens is 464 g/mol. The number of rotatable bonds is 8. The number of hydrogen-bond donors (Lipinski definition) is 1. The van der Waals surface area contributed by atoms with E-state index in [4.69, 9.17) is 4.74 Å². The fourth-order valence-corrected chi connectivity index (χ4v) is 4.40. The van der Waals surface area contributed by atoms with Crippen molar-refractivity contribution in [3.8, 4) is 5.75 Å². The first-order valence-electron chi connectivity index (χ1n) is 10.3. The minimum atomic E-state index is -3.03. The zero-order chi connectivity index (χ0) is 24.2. The lowest BCUT2D eigenvalue weighted by Crippen LogP contribution is -2.21. The highest BCUT2D eigenvalue weighted by Gasteiger charge is 2.19. The maximum absolute atomic E-state index is 12.6. The van der Waals surface area contributed by atoms with Gasteiger partial charge in [0.2, 0.25) is 0 Å². The Labute approximate surface area is 197 Å². The highest BCUT2D eigenvalue weighted by Crippen LogP contribution is 2.30. The van der Waals surface area contributed by atoms with Crippen LogP contribution in [0.25, 0.3) is 10.2 Å². The summed E-state index contributed by atoms with van der Waals surface area (Å²) in [5.41, 5.74) is 3.09. The number of benzene rings is 2. The van der Waals surface area contributed by atoms with Gasteiger partial charge in [-0.3, -0.25) is 9.48 Å². The number of amides is 1. The molecule has 7 nitrogen and oxygen atoms in total. The summed E-state index contributed by atoms with van der Waals surface area (Å²) in [6, 6.07) is 15.6. The van der Waals surface area contributed by atoms with E-state index in [1.807, 2.05) is 42.8 Å². The van der Waals surface area contributed by atoms with Gasteiger partial charge in [0.15, 0.2) is 6.61 Å². The van der Waals surface area contributed by atoms with Gasteiger partial charge in [-0.15, -0.1) is 11.3 Å². The molecule has 0 spiro atoms. The van der Waals surface area contributed by atoms with Crippen molar-refractivity contribution < 1.29 is 27.8 Å². The summed E-state index contributed by atoms with van der Waals surface area (Å²) in [7, 11) is 0. The number of para-hydroxylation sites is 2. The van der Waals surface area contributed by atoms with Gasteiger partial charge in [-0.25, -0.2) is 4.79 Å². The van der Waals surface area contributed by atoms with E-state index < -0.39 is 25.1 Å². The zero-order valence-corrected chi connectivity index (χ0v) is 19.2. The summed E-state index contributed by atoms with van der Waals surface area (Å²) in [4.78, 5) is 25.9. The van der Waals surface area contributed by atoms with Gasteiger partial charge in [-0.2, -0.15) is 13.9 Å². The van der Waals surface area contributed by atoms with E-state index in [-0.39, 0.29) is 11.4 Å². The van der Waals surface area contributed by atoms with E-state index in [0.29, 0.717) is 11.4 Å². The van der Waals surface area contributed by atoms with Crippen LogP contribution in [0, 0.1) is 13.8 Å². The zero-order valence-electron chi connectivity index (χ0n) is 18.4. The number of halogens is 2. The average molecular weight is 486 g/mol. The van der Waals surface area contributed by atoms with Crippen LogP contribution in [-0.2, 0) is 16.1 Å². The first kappa shape index (κ1) is 23.4. The number of fused-ring (bicyclic) bond motifs is 1. The van der Waals surface area contributed by atoms with Gasteiger partial charge in [0.1, 0.15) is 15.5 Å². The summed E-state index contributed by atoms with van der Waals surface area (Å²) in [6.45, 7) is 0.830. The lowest BCUT2D eigenvalue weighted by atomic mass is 10.1. The molecule has 0 aliphatic carbocycles. The molecule has 0 unspecified atom stereocenters. The number of anilines is 1. The van der Waals surface area contributed by atoms with Crippen LogP contribution in [0.4, 0.5) is 14.5 Å². The second-order valence-corrected chi connectivity index (χ2v) is 8.59. The second-order valence-electron chi connectivity index (χ2n) is 7.56. The number of alkyl halides is 2. The fraction of sp³-hybridized carbons (Fsp3) is 0.208. The van der Waals surface area contributed by atoms with Gasteiger partial charge in [-0.1, -0.05) is 42.0 Å². The lowest BCUT2D eigenvalue weighted by Gasteiger charge is -2.11. The third-order valence-corrected chi connectivity index (χ3v) is 6.10. The van der Waals surface area contributed by atoms with E-state index in [1.54, 1.807) is 12.1 Å². The molecule has 2 aromatic carbocycles. The Kier molecular flexibility index (Phi) is 6.87. The van der Waals surface area contributed by atoms with Crippen LogP contribution in [0.5, 0.6) is 5.75 Å². The predicted molar refractivity (Wildman–Crippen MR) is 125 cm³/mol. The number of carbonyl (C=O) groups excluding carboxylic acids is 2. The number of esters is 1. The quantitative estimate of drug-likeness (QED) is 0.349. The molecule has 4 aromatic rings. The molecule has 0 aliphatic rings. The van der Waals surface area contributed by atoms with E-state index in [2.05, 4.69) is 15.2 Å². The van der Waals surface area contributed by atoms with Crippen LogP contribution in [0.2, 0.25) is 0 Å². The average Bonchev–Trinajstić information content (AvgIpc) is 3.36. The Morgan fingerprint density at radius 2 is 1.85 bits per heavy atom. The monoisotopic (exact) mass is 485 g/mol. The maximum atomic E-state index is 12.6. The van der Waals surface area contributed by atoms with Crippen LogP contribution < -0.4 is 10.1 Å². The van der Waals surface area contributed by atoms with Crippen LogP contribution >= 0.6 is 11.3 Å². The molecule has 2 heterocycles. The van der Waals surface area contributed by atoms with Gasteiger partial charge in [0, 0.05) is 5.39 Å². The minimum absolute atomic E-state index is 0.0533. The van der Waals surface area contributed by atoms with Gasteiger partial charge in [-0.05, 0) is 37.6 Å². The maximum Gasteiger partial charge on any atom is 0.387 e. The van der Waals surface area contributed by atoms with Crippen molar-refractivity contribution in [3.63, 3.8) is 0 Å². The number of nitrogens with one attached hydrogen (secondary N) is 1. The Balaban J connectivity index is 1.41. The smallest absolute Gasteiger partial charge is 0.387 e. The van der Waals surface area contributed by atoms with Crippen molar-refractivity contribution in [1.82, 2.24) is 9.78 Å². The number of aryl methyl sites for hydroxylation is 2. The largest absolute Gasteiger partial charge is 0.451 e. The first-order chi connectivity index (χ1) is 16.3. The third kappa shape index (κ3) is 5.40. The van der Waals surface area contributed by atoms with Crippen molar-refractivity contribution >= 4 is 39.1 Å². The van der Waals surface area contributed by atoms with E-state index in [0.717, 1.165) is 21.5 Å². The predicted octanol–water partition coefficient (Wildman–Crippen LogP) is 5.16. The minimum Gasteiger partial charge on any atom is -0.451 e. The van der Waals surface area contributed by atoms with Crippen molar-refractivity contribution in [2.45, 2.75) is 27.0 Å². The summed E-state index contributed by atoms with van der Waals surface area (Å²) in [5.74, 6) is -1.52. The number of thiophene rings is 1. The Hall–Kier alpha value is -3.79. The summed E-state index contributed by atoms with van der Waals surface area (Å²) < 4.78 is 36.4. The number of carbonyl (C=O) groups is 2. The highest BCUT2D eigenvalue weighted by molar-refractivity contribution is 7.20. The number of aromatic nitrogens is 2. The van der Waals surface area contributed by atoms with Gasteiger partial charge >= 0.3 is 12.6 Å². The second kappa shape index (κ2) is 10.0. The highest BCUT2D eigenvalue weighted by atomic mass is 32.1. The standard InChI is InChI=1S/C24H21F2N3O4S/c1-14-7-9-16(10-8-14)12-29-22-17(15(2)28-29)11-20(34-22)23(31)32-13-21(30)27-18-5-3-4-6-19(18)33-24(25)26/h3-11,24H,12-13H2,1-2H3,(H,27,30). The first-order valence-corrected chi connectivity index (χ1v) is 11.1. The molecule has 0 fully saturated rings. The molecule has 176 valence electrons. The van der Waals surface area contributed by atoms with Crippen molar-refractivity contribution in [2.75, 3.05) is 11.9 Å². The molecule has 2 aromatic heterocycles. The molecule has 0 bridgehead atoms.